The molecular weight excluding hydrogens is 396 g/mol. The topological polar surface area (TPSA) is 56.3 Å². The summed E-state index contributed by atoms with van der Waals surface area (Å²) in [4.78, 5) is 19.3. The second kappa shape index (κ2) is 6.60. The van der Waals surface area contributed by atoms with Gasteiger partial charge in [0.2, 0.25) is 0 Å². The van der Waals surface area contributed by atoms with Gasteiger partial charge in [-0.2, -0.15) is 0 Å². The maximum absolute atomic E-state index is 13.5. The molecule has 0 unspecified atom stereocenters. The maximum Gasteiger partial charge on any atom is 0.255 e. The van der Waals surface area contributed by atoms with Crippen molar-refractivity contribution in [3.05, 3.63) is 106 Å². The molecule has 0 saturated carbocycles. The number of allylic oxidation sites excluding steroid dienone is 1. The van der Waals surface area contributed by atoms with E-state index in [0.29, 0.717) is 6.54 Å². The Morgan fingerprint density at radius 2 is 1.84 bits per heavy atom. The summed E-state index contributed by atoms with van der Waals surface area (Å²) in [6.45, 7) is 4.77. The number of aryl methyl sites for hydroxylation is 1. The molecule has 0 saturated heterocycles. The number of hydrogen-bond donors (Lipinski definition) is 2. The summed E-state index contributed by atoms with van der Waals surface area (Å²) in [5, 5.41) is 11.7. The summed E-state index contributed by atoms with van der Waals surface area (Å²) in [7, 11) is 0. The molecule has 0 aliphatic carbocycles. The number of nitrogens with zero attached hydrogens (tertiary/aromatic N) is 1. The third-order valence-electron chi connectivity index (χ3n) is 7.11. The van der Waals surface area contributed by atoms with Crippen LogP contribution in [0.15, 0.2) is 72.8 Å². The number of nitrogens with one attached hydrogen (secondary N) is 1. The molecule has 158 valence electrons. The highest BCUT2D eigenvalue weighted by Gasteiger charge is 2.53. The molecule has 4 aromatic rings. The zero-order chi connectivity index (χ0) is 22.0. The van der Waals surface area contributed by atoms with Crippen LogP contribution in [0.3, 0.4) is 0 Å². The van der Waals surface area contributed by atoms with E-state index in [0.717, 1.165) is 39.9 Å². The molecule has 32 heavy (non-hydrogen) atoms. The van der Waals surface area contributed by atoms with E-state index in [2.05, 4.69) is 42.2 Å². The molecule has 2 N–H and O–H groups in total. The lowest BCUT2D eigenvalue weighted by atomic mass is 9.79. The molecular formula is C28H24N2O2. The second-order valence-corrected chi connectivity index (χ2v) is 8.84. The fraction of sp³-hybridized carbons (Fsp3) is 0.179. The Balaban J connectivity index is 1.72. The zero-order valence-corrected chi connectivity index (χ0v) is 18.1. The van der Waals surface area contributed by atoms with Gasteiger partial charge in [-0.1, -0.05) is 54.6 Å². The Bertz CT molecular complexity index is 1450. The maximum atomic E-state index is 13.5. The molecule has 1 atom stereocenters. The summed E-state index contributed by atoms with van der Waals surface area (Å²) in [5.74, 6) is 0.299. The number of H-pyrrole nitrogens is 1. The average molecular weight is 421 g/mol. The summed E-state index contributed by atoms with van der Waals surface area (Å²) < 4.78 is 0. The van der Waals surface area contributed by atoms with Crippen molar-refractivity contribution in [2.45, 2.75) is 25.8 Å². The van der Waals surface area contributed by atoms with Crippen LogP contribution in [0.2, 0.25) is 0 Å². The van der Waals surface area contributed by atoms with E-state index in [4.69, 9.17) is 0 Å². The predicted octanol–water partition coefficient (Wildman–Crippen LogP) is 5.54. The second-order valence-electron chi connectivity index (χ2n) is 8.84. The number of carbonyl (C=O) groups excluding carboxylic acids is 1. The Morgan fingerprint density at radius 1 is 1.06 bits per heavy atom. The molecule has 4 nitrogen and oxygen atoms in total. The molecule has 4 heteroatoms. The Hall–Kier alpha value is -3.79. The number of aromatic amines is 1. The quantitative estimate of drug-likeness (QED) is 0.447. The van der Waals surface area contributed by atoms with Crippen LogP contribution >= 0.6 is 0 Å². The summed E-state index contributed by atoms with van der Waals surface area (Å²) in [6.07, 6.45) is 2.97. The minimum absolute atomic E-state index is 0.0583. The minimum Gasteiger partial charge on any atom is -0.507 e. The third-order valence-corrected chi connectivity index (χ3v) is 7.11. The van der Waals surface area contributed by atoms with Gasteiger partial charge in [-0.05, 0) is 55.2 Å². The van der Waals surface area contributed by atoms with Gasteiger partial charge in [0.1, 0.15) is 11.3 Å². The van der Waals surface area contributed by atoms with E-state index in [-0.39, 0.29) is 11.7 Å². The van der Waals surface area contributed by atoms with Crippen LogP contribution in [-0.4, -0.2) is 27.4 Å². The van der Waals surface area contributed by atoms with E-state index >= 15 is 0 Å². The standard InChI is InChI=1S/C28H24N2O2/c1-17-8-7-11-20-21-14-15-30-27(32)22-10-3-5-12-23(22)28(30,26(21)29-25(17)20)16-18(2)19-9-4-6-13-24(19)31/h3-13,16,29,31H,14-15H2,1-2H3/t28-/m0/s1. The van der Waals surface area contributed by atoms with Crippen LogP contribution in [-0.2, 0) is 12.0 Å². The van der Waals surface area contributed by atoms with Crippen molar-refractivity contribution in [1.82, 2.24) is 9.88 Å². The first-order valence-electron chi connectivity index (χ1n) is 11.0. The molecule has 1 aromatic heterocycles. The van der Waals surface area contributed by atoms with Crippen LogP contribution in [0.1, 0.15) is 45.2 Å². The van der Waals surface area contributed by atoms with E-state index in [1.165, 1.54) is 16.5 Å². The van der Waals surface area contributed by atoms with Gasteiger partial charge >= 0.3 is 0 Å². The molecule has 0 radical (unpaired) electrons. The van der Waals surface area contributed by atoms with E-state index in [1.54, 1.807) is 6.07 Å². The zero-order valence-electron chi connectivity index (χ0n) is 18.1. The molecule has 0 bridgehead atoms. The normalized spacial score (nSPS) is 19.8. The first-order chi connectivity index (χ1) is 15.5. The Labute approximate surface area is 186 Å². The molecule has 6 rings (SSSR count). The van der Waals surface area contributed by atoms with Crippen molar-refractivity contribution in [2.24, 2.45) is 0 Å². The fourth-order valence-corrected chi connectivity index (χ4v) is 5.66. The number of carbonyl (C=O) groups is 1. The van der Waals surface area contributed by atoms with Crippen molar-refractivity contribution >= 4 is 22.4 Å². The molecule has 2 aliphatic rings. The average Bonchev–Trinajstić information content (AvgIpc) is 3.30. The van der Waals surface area contributed by atoms with Crippen LogP contribution in [0.4, 0.5) is 0 Å². The molecule has 3 heterocycles. The van der Waals surface area contributed by atoms with Gasteiger partial charge in [0, 0.05) is 34.1 Å². The highest BCUT2D eigenvalue weighted by molar-refractivity contribution is 6.03. The van der Waals surface area contributed by atoms with Crippen LogP contribution < -0.4 is 0 Å². The third kappa shape index (κ3) is 2.35. The van der Waals surface area contributed by atoms with Crippen molar-refractivity contribution in [1.29, 1.82) is 0 Å². The lowest BCUT2D eigenvalue weighted by Gasteiger charge is -2.41. The fourth-order valence-electron chi connectivity index (χ4n) is 5.66. The monoisotopic (exact) mass is 420 g/mol. The summed E-state index contributed by atoms with van der Waals surface area (Å²) >= 11 is 0. The van der Waals surface area contributed by atoms with Crippen LogP contribution in [0.25, 0.3) is 16.5 Å². The highest BCUT2D eigenvalue weighted by Crippen LogP contribution is 2.51. The number of phenolic OH excluding ortho intramolecular Hbond substituents is 1. The van der Waals surface area contributed by atoms with Gasteiger partial charge in [0.25, 0.3) is 5.91 Å². The summed E-state index contributed by atoms with van der Waals surface area (Å²) in [6, 6.07) is 21.7. The number of para-hydroxylation sites is 2. The largest absolute Gasteiger partial charge is 0.507 e. The smallest absolute Gasteiger partial charge is 0.255 e. The lowest BCUT2D eigenvalue weighted by molar-refractivity contribution is 0.0666. The van der Waals surface area contributed by atoms with Gasteiger partial charge in [0.05, 0.1) is 5.69 Å². The number of aromatic hydroxyl groups is 1. The van der Waals surface area contributed by atoms with Gasteiger partial charge < -0.3 is 15.0 Å². The minimum atomic E-state index is -0.737. The van der Waals surface area contributed by atoms with E-state index in [1.807, 2.05) is 48.2 Å². The summed E-state index contributed by atoms with van der Waals surface area (Å²) in [5.41, 5.74) is 7.36. The van der Waals surface area contributed by atoms with Crippen LogP contribution in [0.5, 0.6) is 5.75 Å². The molecule has 3 aromatic carbocycles. The SMILES string of the molecule is CC(=C[C@@]12c3ccccc3C(=O)N1CCc1c2[nH]c2c(C)cccc12)c1ccccc1O. The van der Waals surface area contributed by atoms with Crippen molar-refractivity contribution in [2.75, 3.05) is 6.54 Å². The van der Waals surface area contributed by atoms with E-state index < -0.39 is 5.54 Å². The number of phenols is 1. The highest BCUT2D eigenvalue weighted by atomic mass is 16.3. The van der Waals surface area contributed by atoms with E-state index in [9.17, 15) is 9.90 Å². The number of aromatic nitrogens is 1. The molecule has 2 aliphatic heterocycles. The number of amides is 1. The Morgan fingerprint density at radius 3 is 2.69 bits per heavy atom. The lowest BCUT2D eigenvalue weighted by Crippen LogP contribution is -2.48. The van der Waals surface area contributed by atoms with Gasteiger partial charge in [-0.15, -0.1) is 0 Å². The van der Waals surface area contributed by atoms with Crippen molar-refractivity contribution in [3.63, 3.8) is 0 Å². The number of fused-ring (bicyclic) bond motifs is 7. The first-order valence-corrected chi connectivity index (χ1v) is 11.0. The number of hydrogen-bond acceptors (Lipinski definition) is 2. The van der Waals surface area contributed by atoms with Crippen LogP contribution in [0, 0.1) is 6.92 Å². The number of rotatable bonds is 2. The van der Waals surface area contributed by atoms with Crippen molar-refractivity contribution in [3.8, 4) is 5.75 Å². The molecule has 0 spiro atoms. The van der Waals surface area contributed by atoms with Gasteiger partial charge in [0.15, 0.2) is 0 Å². The molecule has 1 amide bonds. The van der Waals surface area contributed by atoms with Crippen molar-refractivity contribution < 1.29 is 9.90 Å². The predicted molar refractivity (Wildman–Crippen MR) is 127 cm³/mol. The Kier molecular flexibility index (Phi) is 3.91. The first kappa shape index (κ1) is 18.9. The van der Waals surface area contributed by atoms with Gasteiger partial charge in [-0.25, -0.2) is 0 Å². The molecule has 0 fully saturated rings. The number of benzene rings is 3. The van der Waals surface area contributed by atoms with Gasteiger partial charge in [-0.3, -0.25) is 4.79 Å².